The number of hydrogen-bond donors (Lipinski definition) is 1. The zero-order valence-electron chi connectivity index (χ0n) is 19.2. The summed E-state index contributed by atoms with van der Waals surface area (Å²) in [5, 5.41) is 2.65. The van der Waals surface area contributed by atoms with Crippen molar-refractivity contribution in [1.82, 2.24) is 5.32 Å². The van der Waals surface area contributed by atoms with E-state index >= 15 is 0 Å². The fraction of sp³-hybridized carbons (Fsp3) is 0.231. The first-order valence-corrected chi connectivity index (χ1v) is 10.8. The number of carbonyl (C=O) groups is 4. The van der Waals surface area contributed by atoms with Crippen LogP contribution in [0.25, 0.3) is 0 Å². The van der Waals surface area contributed by atoms with Crippen molar-refractivity contribution in [3.05, 3.63) is 84.5 Å². The first-order chi connectivity index (χ1) is 16.1. The van der Waals surface area contributed by atoms with Crippen LogP contribution in [-0.2, 0) is 24.7 Å². The lowest BCUT2D eigenvalue weighted by Gasteiger charge is -2.32. The standard InChI is InChI=1S/C26H25N3O5/c1-5-15-28-20-14-10-9-13-18(20)26(23(28)32,27-24(33)34-25(2,3)4)19-16-21(30)29(22(19)31)17-11-7-6-8-12-17/h5-14,16H,1,15H2,2-4H3,(H,27,33)/t26-/m1/s1. The Morgan fingerprint density at radius 3 is 2.35 bits per heavy atom. The van der Waals surface area contributed by atoms with Gasteiger partial charge in [-0.05, 0) is 39.0 Å². The van der Waals surface area contributed by atoms with Crippen LogP contribution < -0.4 is 15.1 Å². The number of rotatable bonds is 5. The number of amides is 4. The SMILES string of the molecule is C=CCN1C(=O)[C@](NC(=O)OC(C)(C)C)(C2=CC(=O)N(c3ccccc3)C2=O)c2ccccc21. The molecule has 0 saturated heterocycles. The fourth-order valence-corrected chi connectivity index (χ4v) is 4.23. The molecule has 0 unspecified atom stereocenters. The van der Waals surface area contributed by atoms with Gasteiger partial charge in [0.05, 0.1) is 16.9 Å². The Labute approximate surface area is 197 Å². The van der Waals surface area contributed by atoms with E-state index in [1.807, 2.05) is 0 Å². The molecule has 2 aliphatic rings. The summed E-state index contributed by atoms with van der Waals surface area (Å²) in [6, 6.07) is 15.2. The van der Waals surface area contributed by atoms with E-state index < -0.39 is 35.0 Å². The highest BCUT2D eigenvalue weighted by Gasteiger charge is 2.59. The third-order valence-corrected chi connectivity index (χ3v) is 5.51. The van der Waals surface area contributed by atoms with Gasteiger partial charge in [0.1, 0.15) is 5.60 Å². The van der Waals surface area contributed by atoms with Crippen LogP contribution in [0.3, 0.4) is 0 Å². The van der Waals surface area contributed by atoms with Crippen molar-refractivity contribution in [1.29, 1.82) is 0 Å². The third-order valence-electron chi connectivity index (χ3n) is 5.51. The molecule has 0 aromatic heterocycles. The Balaban J connectivity index is 1.88. The number of para-hydroxylation sites is 2. The number of anilines is 2. The topological polar surface area (TPSA) is 96.0 Å². The summed E-state index contributed by atoms with van der Waals surface area (Å²) in [7, 11) is 0. The van der Waals surface area contributed by atoms with E-state index in [2.05, 4.69) is 11.9 Å². The molecule has 8 heteroatoms. The molecule has 2 aromatic carbocycles. The van der Waals surface area contributed by atoms with E-state index in [1.54, 1.807) is 81.4 Å². The average molecular weight is 460 g/mol. The third kappa shape index (κ3) is 3.67. The Hall–Kier alpha value is -4.20. The molecular formula is C26H25N3O5. The number of alkyl carbamates (subject to hydrolysis) is 1. The van der Waals surface area contributed by atoms with Crippen LogP contribution >= 0.6 is 0 Å². The van der Waals surface area contributed by atoms with Crippen molar-refractivity contribution >= 4 is 35.2 Å². The van der Waals surface area contributed by atoms with Crippen LogP contribution in [0.4, 0.5) is 16.2 Å². The molecule has 0 spiro atoms. The molecule has 0 aliphatic carbocycles. The van der Waals surface area contributed by atoms with Gasteiger partial charge in [-0.1, -0.05) is 42.5 Å². The lowest BCUT2D eigenvalue weighted by molar-refractivity contribution is -0.126. The summed E-state index contributed by atoms with van der Waals surface area (Å²) in [6.45, 7) is 8.93. The summed E-state index contributed by atoms with van der Waals surface area (Å²) < 4.78 is 5.44. The average Bonchev–Trinajstić information content (AvgIpc) is 3.20. The number of ether oxygens (including phenoxy) is 1. The number of benzene rings is 2. The van der Waals surface area contributed by atoms with E-state index in [0.29, 0.717) is 16.9 Å². The first-order valence-electron chi connectivity index (χ1n) is 10.8. The minimum atomic E-state index is -1.95. The molecule has 34 heavy (non-hydrogen) atoms. The molecule has 8 nitrogen and oxygen atoms in total. The molecule has 0 fully saturated rings. The van der Waals surface area contributed by atoms with Crippen LogP contribution in [0, 0.1) is 0 Å². The van der Waals surface area contributed by atoms with Crippen LogP contribution in [0.1, 0.15) is 26.3 Å². The van der Waals surface area contributed by atoms with E-state index in [0.717, 1.165) is 11.0 Å². The molecule has 0 bridgehead atoms. The zero-order valence-corrected chi connectivity index (χ0v) is 19.2. The molecule has 2 aliphatic heterocycles. The maximum atomic E-state index is 13.9. The van der Waals surface area contributed by atoms with Crippen LogP contribution in [-0.4, -0.2) is 36.0 Å². The van der Waals surface area contributed by atoms with Gasteiger partial charge in [-0.2, -0.15) is 0 Å². The van der Waals surface area contributed by atoms with Crippen molar-refractivity contribution < 1.29 is 23.9 Å². The Morgan fingerprint density at radius 1 is 1.06 bits per heavy atom. The summed E-state index contributed by atoms with van der Waals surface area (Å²) >= 11 is 0. The van der Waals surface area contributed by atoms with Crippen LogP contribution in [0.15, 0.2) is 78.9 Å². The molecule has 2 aromatic rings. The molecule has 4 rings (SSSR count). The predicted molar refractivity (Wildman–Crippen MR) is 127 cm³/mol. The molecule has 0 radical (unpaired) electrons. The first kappa shape index (κ1) is 23.0. The normalized spacial score (nSPS) is 19.7. The van der Waals surface area contributed by atoms with Crippen molar-refractivity contribution in [3.63, 3.8) is 0 Å². The van der Waals surface area contributed by atoms with Gasteiger partial charge in [-0.25, -0.2) is 9.69 Å². The van der Waals surface area contributed by atoms with E-state index in [9.17, 15) is 19.2 Å². The molecule has 0 saturated carbocycles. The van der Waals surface area contributed by atoms with Crippen molar-refractivity contribution in [2.24, 2.45) is 0 Å². The smallest absolute Gasteiger partial charge is 0.409 e. The van der Waals surface area contributed by atoms with Crippen LogP contribution in [0.5, 0.6) is 0 Å². The molecular weight excluding hydrogens is 434 g/mol. The monoisotopic (exact) mass is 459 g/mol. The van der Waals surface area contributed by atoms with Gasteiger partial charge >= 0.3 is 6.09 Å². The lowest BCUT2D eigenvalue weighted by Crippen LogP contribution is -2.56. The van der Waals surface area contributed by atoms with E-state index in [4.69, 9.17) is 4.74 Å². The van der Waals surface area contributed by atoms with Crippen LogP contribution in [0.2, 0.25) is 0 Å². The highest BCUT2D eigenvalue weighted by atomic mass is 16.6. The molecule has 1 atom stereocenters. The summed E-state index contributed by atoms with van der Waals surface area (Å²) in [5.74, 6) is -1.89. The van der Waals surface area contributed by atoms with Crippen molar-refractivity contribution in [2.75, 3.05) is 16.3 Å². The Morgan fingerprint density at radius 2 is 1.71 bits per heavy atom. The van der Waals surface area contributed by atoms with Gasteiger partial charge in [0.2, 0.25) is 0 Å². The second-order valence-corrected chi connectivity index (χ2v) is 8.97. The summed E-state index contributed by atoms with van der Waals surface area (Å²) in [4.78, 5) is 56.0. The number of nitrogens with zero attached hydrogens (tertiary/aromatic N) is 2. The number of carbonyl (C=O) groups excluding carboxylic acids is 4. The molecule has 2 heterocycles. The second-order valence-electron chi connectivity index (χ2n) is 8.97. The minimum Gasteiger partial charge on any atom is -0.444 e. The Kier molecular flexibility index (Phi) is 5.61. The molecule has 174 valence electrons. The lowest BCUT2D eigenvalue weighted by atomic mass is 9.83. The van der Waals surface area contributed by atoms with Gasteiger partial charge in [-0.15, -0.1) is 6.58 Å². The number of fused-ring (bicyclic) bond motifs is 1. The zero-order chi connectivity index (χ0) is 24.7. The highest BCUT2D eigenvalue weighted by molar-refractivity contribution is 6.34. The number of imide groups is 1. The van der Waals surface area contributed by atoms with E-state index in [-0.39, 0.29) is 12.1 Å². The minimum absolute atomic E-state index is 0.144. The number of nitrogens with one attached hydrogen (secondary N) is 1. The van der Waals surface area contributed by atoms with Gasteiger partial charge in [0, 0.05) is 18.2 Å². The molecule has 1 N–H and O–H groups in total. The van der Waals surface area contributed by atoms with Crippen molar-refractivity contribution in [3.8, 4) is 0 Å². The maximum Gasteiger partial charge on any atom is 0.409 e. The predicted octanol–water partition coefficient (Wildman–Crippen LogP) is 3.44. The number of hydrogen-bond acceptors (Lipinski definition) is 5. The van der Waals surface area contributed by atoms with Gasteiger partial charge in [-0.3, -0.25) is 19.7 Å². The van der Waals surface area contributed by atoms with Gasteiger partial charge in [0.25, 0.3) is 17.7 Å². The Bertz CT molecular complexity index is 1230. The summed E-state index contributed by atoms with van der Waals surface area (Å²) in [5.41, 5.74) is -1.72. The van der Waals surface area contributed by atoms with Gasteiger partial charge in [0.15, 0.2) is 5.54 Å². The van der Waals surface area contributed by atoms with Gasteiger partial charge < -0.3 is 9.64 Å². The molecule has 4 amide bonds. The largest absolute Gasteiger partial charge is 0.444 e. The second kappa shape index (κ2) is 8.30. The summed E-state index contributed by atoms with van der Waals surface area (Å²) in [6.07, 6.45) is 1.76. The highest BCUT2D eigenvalue weighted by Crippen LogP contribution is 2.46. The maximum absolute atomic E-state index is 13.9. The van der Waals surface area contributed by atoms with Crippen molar-refractivity contribution in [2.45, 2.75) is 31.9 Å². The fourth-order valence-electron chi connectivity index (χ4n) is 4.23. The van der Waals surface area contributed by atoms with E-state index in [1.165, 1.54) is 4.90 Å². The quantitative estimate of drug-likeness (QED) is 0.546.